The summed E-state index contributed by atoms with van der Waals surface area (Å²) >= 11 is 0. The molecule has 0 aromatic heterocycles. The fraction of sp³-hybridized carbons (Fsp3) is 0.959. The van der Waals surface area contributed by atoms with Crippen LogP contribution in [-0.4, -0.2) is 112 Å². The van der Waals surface area contributed by atoms with Gasteiger partial charge in [-0.3, -0.25) is 0 Å². The van der Waals surface area contributed by atoms with Crippen LogP contribution in [0.2, 0.25) is 0 Å². The van der Waals surface area contributed by atoms with Gasteiger partial charge in [-0.25, -0.2) is 8.78 Å². The second kappa shape index (κ2) is 22.9. The fourth-order valence-corrected chi connectivity index (χ4v) is 12.2. The Labute approximate surface area is 397 Å². The summed E-state index contributed by atoms with van der Waals surface area (Å²) in [6.45, 7) is 8.97. The Kier molecular flexibility index (Phi) is 19.9. The van der Waals surface area contributed by atoms with Crippen LogP contribution >= 0.6 is 0 Å². The van der Waals surface area contributed by atoms with E-state index in [1.165, 1.54) is 70.4 Å². The van der Waals surface area contributed by atoms with Gasteiger partial charge in [0.15, 0.2) is 0 Å². The van der Waals surface area contributed by atoms with Crippen molar-refractivity contribution in [3.8, 4) is 0 Å². The highest BCUT2D eigenvalue weighted by atomic mass is 19.4. The Morgan fingerprint density at radius 3 is 1.80 bits per heavy atom. The molecule has 0 amide bonds. The highest BCUT2D eigenvalue weighted by Gasteiger charge is 2.93. The van der Waals surface area contributed by atoms with Gasteiger partial charge in [0.2, 0.25) is 0 Å². The van der Waals surface area contributed by atoms with Gasteiger partial charge in [-0.15, -0.1) is 0 Å². The summed E-state index contributed by atoms with van der Waals surface area (Å²) in [5, 5.41) is 0. The molecule has 0 spiro atoms. The Hall–Kier alpha value is -1.54. The Morgan fingerprint density at radius 1 is 0.638 bits per heavy atom. The molecule has 0 aromatic carbocycles. The molecule has 69 heavy (non-hydrogen) atoms. The van der Waals surface area contributed by atoms with E-state index in [1.807, 2.05) is 0 Å². The molecule has 406 valence electrons. The molecule has 0 aliphatic heterocycles. The van der Waals surface area contributed by atoms with Gasteiger partial charge in [0.05, 0.1) is 25.4 Å². The van der Waals surface area contributed by atoms with Crippen molar-refractivity contribution in [1.29, 1.82) is 0 Å². The molecular formula is C49H75F16NO3. The lowest BCUT2D eigenvalue weighted by atomic mass is 9.47. The van der Waals surface area contributed by atoms with Gasteiger partial charge in [-0.05, 0) is 125 Å². The minimum atomic E-state index is -8.43. The minimum Gasteiger partial charge on any atom is -0.380 e. The van der Waals surface area contributed by atoms with Crippen molar-refractivity contribution in [2.45, 2.75) is 204 Å². The largest absolute Gasteiger partial charge is 0.384 e. The van der Waals surface area contributed by atoms with Crippen molar-refractivity contribution < 1.29 is 84.5 Å². The number of nitrogens with zero attached hydrogens (tertiary/aromatic N) is 1. The lowest BCUT2D eigenvalue weighted by molar-refractivity contribution is -0.448. The van der Waals surface area contributed by atoms with Crippen LogP contribution in [-0.2, 0) is 14.2 Å². The molecular weight excluding hydrogens is 955 g/mol. The number of hydrogen-bond donors (Lipinski definition) is 0. The van der Waals surface area contributed by atoms with Crippen molar-refractivity contribution in [2.24, 2.45) is 46.3 Å². The van der Waals surface area contributed by atoms with Gasteiger partial charge in [0.1, 0.15) is 6.61 Å². The zero-order valence-electron chi connectivity index (χ0n) is 41.0. The summed E-state index contributed by atoms with van der Waals surface area (Å²) in [6.07, 6.45) is 15.7. The Balaban J connectivity index is 1.12. The molecule has 0 heterocycles. The van der Waals surface area contributed by atoms with E-state index in [-0.39, 0.29) is 24.7 Å². The van der Waals surface area contributed by atoms with E-state index >= 15 is 0 Å². The highest BCUT2D eigenvalue weighted by molar-refractivity contribution is 5.25. The number of unbranched alkanes of at least 4 members (excludes halogenated alkanes) is 5. The van der Waals surface area contributed by atoms with E-state index in [4.69, 9.17) is 9.47 Å². The molecule has 0 radical (unpaired) electrons. The maximum absolute atomic E-state index is 14.3. The maximum atomic E-state index is 14.3. The van der Waals surface area contributed by atoms with Gasteiger partial charge >= 0.3 is 47.9 Å². The first-order valence-corrected chi connectivity index (χ1v) is 24.7. The molecule has 4 aliphatic rings. The van der Waals surface area contributed by atoms with Crippen molar-refractivity contribution in [2.75, 3.05) is 47.1 Å². The van der Waals surface area contributed by atoms with Crippen molar-refractivity contribution in [3.05, 3.63) is 11.6 Å². The fourth-order valence-electron chi connectivity index (χ4n) is 12.2. The van der Waals surface area contributed by atoms with Gasteiger partial charge in [-0.2, -0.15) is 61.5 Å². The third-order valence-corrected chi connectivity index (χ3v) is 16.7. The summed E-state index contributed by atoms with van der Waals surface area (Å²) in [4.78, 5) is 1.27. The predicted octanol–water partition coefficient (Wildman–Crippen LogP) is 15.4. The number of allylic oxidation sites excluding steroid dienone is 1. The first-order valence-electron chi connectivity index (χ1n) is 24.7. The molecule has 3 saturated carbocycles. The molecule has 4 aliphatic carbocycles. The Morgan fingerprint density at radius 2 is 1.20 bits per heavy atom. The van der Waals surface area contributed by atoms with E-state index in [9.17, 15) is 70.2 Å². The number of rotatable bonds is 29. The summed E-state index contributed by atoms with van der Waals surface area (Å²) in [6, 6.07) is -1.04. The average molecular weight is 1030 g/mol. The van der Waals surface area contributed by atoms with Gasteiger partial charge in [0.25, 0.3) is 0 Å². The second-order valence-electron chi connectivity index (χ2n) is 21.9. The predicted molar refractivity (Wildman–Crippen MR) is 230 cm³/mol. The van der Waals surface area contributed by atoms with Gasteiger partial charge < -0.3 is 19.1 Å². The second-order valence-corrected chi connectivity index (χ2v) is 21.9. The summed E-state index contributed by atoms with van der Waals surface area (Å²) < 4.78 is 235. The zero-order chi connectivity index (χ0) is 52.2. The van der Waals surface area contributed by atoms with Gasteiger partial charge in [0, 0.05) is 13.2 Å². The zero-order valence-corrected chi connectivity index (χ0v) is 41.0. The number of ether oxygens (including phenoxy) is 3. The third-order valence-electron chi connectivity index (χ3n) is 16.7. The molecule has 9 atom stereocenters. The molecule has 3 unspecified atom stereocenters. The number of alkyl halides is 16. The standard InChI is InChI=1S/C49H75F16NO3/c1-31(2)15-14-16-32(3)37-19-20-38-36-18-17-33-27-35(21-23-41(33,4)39(36)22-24-42(37,38)5)69-26-13-11-9-8-10-12-25-67-28-34(66(6)7)29-68-30-43(52,53)45(56,57)47(60,61)49(64,65)48(62,63)46(58,59)44(54,55)40(50)51/h17,31-32,34-40H,8-16,18-30H2,1-7H3/t32-,34+,35+,36?,37-,38?,39?,41+,42-/m1/s1. The van der Waals surface area contributed by atoms with Crippen LogP contribution in [0.3, 0.4) is 0 Å². The minimum absolute atomic E-state index is 0.156. The maximum Gasteiger partial charge on any atom is 0.384 e. The van der Waals surface area contributed by atoms with Crippen LogP contribution in [0.25, 0.3) is 0 Å². The molecule has 0 aromatic rings. The molecule has 3 fully saturated rings. The van der Waals surface area contributed by atoms with E-state index in [0.717, 1.165) is 86.9 Å². The number of fused-ring (bicyclic) bond motifs is 5. The van der Waals surface area contributed by atoms with Crippen LogP contribution in [0.1, 0.15) is 144 Å². The molecule has 0 saturated heterocycles. The molecule has 4 rings (SSSR count). The SMILES string of the molecule is CC(C)CCC[C@@H](C)[C@H]1CCC2C3CC=C4C[C@@H](OCCCCCCCCOC[C@@H](COCC(F)(F)C(F)(F)C(F)(F)C(F)(F)C(F)(F)C(F)(F)C(F)(F)C(F)F)N(C)C)CC[C@]4(C)C3CC[C@@]21C. The van der Waals surface area contributed by atoms with E-state index in [1.54, 1.807) is 5.57 Å². The first kappa shape index (κ1) is 60.0. The third kappa shape index (κ3) is 12.0. The van der Waals surface area contributed by atoms with E-state index in [2.05, 4.69) is 45.4 Å². The quantitative estimate of drug-likeness (QED) is 0.0424. The lowest BCUT2D eigenvalue weighted by Crippen LogP contribution is -2.74. The van der Waals surface area contributed by atoms with E-state index < -0.39 is 67.1 Å². The topological polar surface area (TPSA) is 30.9 Å². The monoisotopic (exact) mass is 1030 g/mol. The Bertz CT molecular complexity index is 1650. The summed E-state index contributed by atoms with van der Waals surface area (Å²) in [7, 11) is 2.69. The van der Waals surface area contributed by atoms with Crippen LogP contribution in [0, 0.1) is 46.3 Å². The number of likely N-dealkylation sites (N-methyl/N-ethyl adjacent to an activating group) is 1. The van der Waals surface area contributed by atoms with E-state index in [0.29, 0.717) is 18.4 Å². The van der Waals surface area contributed by atoms with Crippen LogP contribution in [0.4, 0.5) is 70.2 Å². The molecule has 0 N–H and O–H groups in total. The number of halogens is 16. The van der Waals surface area contributed by atoms with Crippen molar-refractivity contribution in [3.63, 3.8) is 0 Å². The lowest BCUT2D eigenvalue weighted by Gasteiger charge is -2.58. The van der Waals surface area contributed by atoms with Crippen LogP contribution in [0.5, 0.6) is 0 Å². The molecule has 4 nitrogen and oxygen atoms in total. The van der Waals surface area contributed by atoms with Crippen molar-refractivity contribution in [1.82, 2.24) is 4.90 Å². The highest BCUT2D eigenvalue weighted by Crippen LogP contribution is 2.68. The first-order chi connectivity index (χ1) is 31.7. The summed E-state index contributed by atoms with van der Waals surface area (Å²) in [5.74, 6) is -50.1. The van der Waals surface area contributed by atoms with Gasteiger partial charge in [-0.1, -0.05) is 91.2 Å². The molecule has 20 heteroatoms. The van der Waals surface area contributed by atoms with Crippen molar-refractivity contribution >= 4 is 0 Å². The summed E-state index contributed by atoms with van der Waals surface area (Å²) in [5.41, 5.74) is 2.31. The number of hydrogen-bond acceptors (Lipinski definition) is 4. The normalized spacial score (nSPS) is 28.5. The van der Waals surface area contributed by atoms with Crippen LogP contribution < -0.4 is 0 Å². The van der Waals surface area contributed by atoms with Crippen LogP contribution in [0.15, 0.2) is 11.6 Å². The molecule has 0 bridgehead atoms. The average Bonchev–Trinajstić information content (AvgIpc) is 3.61. The smallest absolute Gasteiger partial charge is 0.380 e.